The first kappa shape index (κ1) is 26.9. The number of amides is 2. The van der Waals surface area contributed by atoms with Crippen LogP contribution in [0.4, 0.5) is 9.18 Å². The largest absolute Gasteiger partial charge is 0.496 e. The number of morpholine rings is 1. The highest BCUT2D eigenvalue weighted by Crippen LogP contribution is 2.68. The minimum Gasteiger partial charge on any atom is -0.496 e. The van der Waals surface area contributed by atoms with Gasteiger partial charge in [0.1, 0.15) is 23.1 Å². The van der Waals surface area contributed by atoms with Crippen LogP contribution in [0.25, 0.3) is 0 Å². The van der Waals surface area contributed by atoms with Gasteiger partial charge in [0, 0.05) is 31.1 Å². The molecule has 0 bridgehead atoms. The van der Waals surface area contributed by atoms with Gasteiger partial charge in [0.25, 0.3) is 0 Å². The van der Waals surface area contributed by atoms with Crippen LogP contribution in [0.1, 0.15) is 34.6 Å². The number of hydrogen-bond acceptors (Lipinski definition) is 7. The number of benzene rings is 3. The molecule has 0 unspecified atom stereocenters. The highest BCUT2D eigenvalue weighted by Gasteiger charge is 2.74. The maximum absolute atomic E-state index is 14.7. The van der Waals surface area contributed by atoms with Crippen LogP contribution in [0, 0.1) is 17.1 Å². The van der Waals surface area contributed by atoms with Crippen molar-refractivity contribution >= 4 is 6.03 Å². The summed E-state index contributed by atoms with van der Waals surface area (Å²) >= 11 is 0. The van der Waals surface area contributed by atoms with Crippen molar-refractivity contribution < 1.29 is 33.2 Å². The van der Waals surface area contributed by atoms with E-state index >= 15 is 0 Å². The van der Waals surface area contributed by atoms with Gasteiger partial charge in [-0.05, 0) is 41.8 Å². The number of halogens is 1. The highest BCUT2D eigenvalue weighted by molar-refractivity contribution is 5.76. The lowest BCUT2D eigenvalue weighted by molar-refractivity contribution is -0.116. The van der Waals surface area contributed by atoms with E-state index in [9.17, 15) is 19.6 Å². The Bertz CT molecular complexity index is 1520. The number of carbonyl (C=O) groups excluding carboxylic acids is 1. The Balaban J connectivity index is 1.59. The number of ether oxygens (including phenoxy) is 4. The summed E-state index contributed by atoms with van der Waals surface area (Å²) in [6.07, 6.45) is 0.227. The molecule has 0 aromatic heterocycles. The fourth-order valence-corrected chi connectivity index (χ4v) is 6.62. The normalized spacial score (nSPS) is 26.4. The van der Waals surface area contributed by atoms with Gasteiger partial charge in [-0.2, -0.15) is 5.26 Å². The number of nitrogens with one attached hydrogen (secondary N) is 1. The van der Waals surface area contributed by atoms with Crippen molar-refractivity contribution in [3.05, 3.63) is 88.7 Å². The van der Waals surface area contributed by atoms with E-state index in [2.05, 4.69) is 11.4 Å². The molecule has 3 aromatic carbocycles. The fourth-order valence-electron chi connectivity index (χ4n) is 6.62. The maximum atomic E-state index is 14.7. The second kappa shape index (κ2) is 10.3. The topological polar surface area (TPSA) is 113 Å². The summed E-state index contributed by atoms with van der Waals surface area (Å²) in [6, 6.07) is 17.2. The van der Waals surface area contributed by atoms with Crippen molar-refractivity contribution in [2.24, 2.45) is 0 Å². The number of rotatable bonds is 5. The van der Waals surface area contributed by atoms with Crippen LogP contribution >= 0.6 is 0 Å². The number of hydrogen-bond donors (Lipinski definition) is 2. The number of nitrogens with zero attached hydrogens (tertiary/aromatic N) is 2. The number of urea groups is 1. The van der Waals surface area contributed by atoms with Crippen molar-refractivity contribution in [2.75, 3.05) is 40.5 Å². The average molecular weight is 560 g/mol. The Kier molecular flexibility index (Phi) is 6.72. The van der Waals surface area contributed by atoms with Gasteiger partial charge in [-0.25, -0.2) is 9.18 Å². The SMILES string of the molecule is COc1cc(OC)c2c(c1)O[C@@]1(c3ccc(C#N)cc3)[C@H](c3cccc(F)c3)C[C@H](NC(=O)N3CCOCC3)[C@@]21O. The van der Waals surface area contributed by atoms with Gasteiger partial charge in [0.2, 0.25) is 0 Å². The van der Waals surface area contributed by atoms with Crippen LogP contribution in [0.15, 0.2) is 60.7 Å². The summed E-state index contributed by atoms with van der Waals surface area (Å²) in [7, 11) is 3.00. The molecule has 1 aliphatic carbocycles. The second-order valence-electron chi connectivity index (χ2n) is 10.4. The molecule has 6 rings (SSSR count). The summed E-state index contributed by atoms with van der Waals surface area (Å²) in [6.45, 7) is 1.67. The molecule has 3 aromatic rings. The van der Waals surface area contributed by atoms with E-state index in [0.29, 0.717) is 65.8 Å². The molecule has 10 heteroatoms. The van der Waals surface area contributed by atoms with Crippen LogP contribution in [0.3, 0.4) is 0 Å². The van der Waals surface area contributed by atoms with Gasteiger partial charge in [0.05, 0.1) is 50.7 Å². The number of aliphatic hydroxyl groups is 1. The molecule has 41 heavy (non-hydrogen) atoms. The molecule has 0 spiro atoms. The Morgan fingerprint density at radius 3 is 2.54 bits per heavy atom. The maximum Gasteiger partial charge on any atom is 0.317 e. The zero-order valence-corrected chi connectivity index (χ0v) is 22.7. The van der Waals surface area contributed by atoms with Gasteiger partial charge in [-0.1, -0.05) is 24.3 Å². The first-order valence-electron chi connectivity index (χ1n) is 13.4. The quantitative estimate of drug-likeness (QED) is 0.489. The van der Waals surface area contributed by atoms with Crippen molar-refractivity contribution in [3.8, 4) is 23.3 Å². The van der Waals surface area contributed by atoms with E-state index in [1.165, 1.54) is 26.4 Å². The van der Waals surface area contributed by atoms with Gasteiger partial charge in [0.15, 0.2) is 11.2 Å². The summed E-state index contributed by atoms with van der Waals surface area (Å²) in [5.41, 5.74) is -1.45. The van der Waals surface area contributed by atoms with Crippen LogP contribution in [-0.2, 0) is 15.9 Å². The number of nitriles is 1. The molecule has 2 amide bonds. The lowest BCUT2D eigenvalue weighted by atomic mass is 9.70. The number of methoxy groups -OCH3 is 2. The van der Waals surface area contributed by atoms with Crippen LogP contribution in [-0.4, -0.2) is 62.6 Å². The number of fused-ring (bicyclic) bond motifs is 3. The second-order valence-corrected chi connectivity index (χ2v) is 10.4. The molecule has 212 valence electrons. The Hall–Kier alpha value is -4.33. The van der Waals surface area contributed by atoms with Crippen molar-refractivity contribution in [2.45, 2.75) is 29.6 Å². The van der Waals surface area contributed by atoms with E-state index in [1.807, 2.05) is 0 Å². The molecule has 3 aliphatic rings. The third-order valence-corrected chi connectivity index (χ3v) is 8.47. The monoisotopic (exact) mass is 559 g/mol. The zero-order valence-electron chi connectivity index (χ0n) is 22.7. The van der Waals surface area contributed by atoms with Crippen LogP contribution < -0.4 is 19.5 Å². The molecule has 4 atom stereocenters. The average Bonchev–Trinajstić information content (AvgIpc) is 3.41. The lowest BCUT2D eigenvalue weighted by Gasteiger charge is -2.42. The first-order chi connectivity index (χ1) is 19.8. The minimum absolute atomic E-state index is 0.227. The molecule has 9 nitrogen and oxygen atoms in total. The van der Waals surface area contributed by atoms with Crippen molar-refractivity contribution in [3.63, 3.8) is 0 Å². The summed E-state index contributed by atoms with van der Waals surface area (Å²) in [4.78, 5) is 15.2. The Morgan fingerprint density at radius 1 is 1.12 bits per heavy atom. The third-order valence-electron chi connectivity index (χ3n) is 8.47. The third kappa shape index (κ3) is 4.07. The van der Waals surface area contributed by atoms with Gasteiger partial charge < -0.3 is 34.3 Å². The van der Waals surface area contributed by atoms with E-state index in [0.717, 1.165) is 0 Å². The summed E-state index contributed by atoms with van der Waals surface area (Å²) in [5.74, 6) is 0.0452. The molecule has 0 radical (unpaired) electrons. The van der Waals surface area contributed by atoms with E-state index in [1.54, 1.807) is 53.4 Å². The van der Waals surface area contributed by atoms with Crippen LogP contribution in [0.2, 0.25) is 0 Å². The predicted molar refractivity (Wildman–Crippen MR) is 145 cm³/mol. The van der Waals surface area contributed by atoms with Gasteiger partial charge >= 0.3 is 6.03 Å². The molecular weight excluding hydrogens is 529 g/mol. The molecular formula is C31H30FN3O6. The van der Waals surface area contributed by atoms with E-state index < -0.39 is 29.0 Å². The fraction of sp³-hybridized carbons (Fsp3) is 0.355. The molecule has 2 N–H and O–H groups in total. The smallest absolute Gasteiger partial charge is 0.317 e. The van der Waals surface area contributed by atoms with E-state index in [-0.39, 0.29) is 12.5 Å². The first-order valence-corrected chi connectivity index (χ1v) is 13.4. The molecule has 1 saturated heterocycles. The Labute approximate surface area is 237 Å². The molecule has 2 aliphatic heterocycles. The minimum atomic E-state index is -1.87. The van der Waals surface area contributed by atoms with Crippen LogP contribution in [0.5, 0.6) is 17.2 Å². The van der Waals surface area contributed by atoms with E-state index in [4.69, 9.17) is 18.9 Å². The van der Waals surface area contributed by atoms with Gasteiger partial charge in [-0.3, -0.25) is 0 Å². The van der Waals surface area contributed by atoms with Gasteiger partial charge in [-0.15, -0.1) is 0 Å². The lowest BCUT2D eigenvalue weighted by Crippen LogP contribution is -2.58. The standard InChI is InChI=1S/C31H30FN3O6/c1-38-23-15-25(39-2)28-26(16-23)41-31(21-8-6-19(18-33)7-9-21)24(20-4-3-5-22(32)14-20)17-27(30(28,31)37)34-29(36)35-10-12-40-13-11-35/h3-9,14-16,24,27,37H,10-13,17H2,1-2H3,(H,34,36)/t24-,27-,30+,31-/m0/s1. The summed E-state index contributed by atoms with van der Waals surface area (Å²) < 4.78 is 38.1. The van der Waals surface area contributed by atoms with Crippen molar-refractivity contribution in [1.29, 1.82) is 5.26 Å². The molecule has 2 heterocycles. The molecule has 2 fully saturated rings. The van der Waals surface area contributed by atoms with Crippen molar-refractivity contribution in [1.82, 2.24) is 10.2 Å². The molecule has 1 saturated carbocycles. The Morgan fingerprint density at radius 2 is 1.88 bits per heavy atom. The predicted octanol–water partition coefficient (Wildman–Crippen LogP) is 3.79. The zero-order chi connectivity index (χ0) is 28.8. The number of carbonyl (C=O) groups is 1. The highest BCUT2D eigenvalue weighted by atomic mass is 19.1. The summed E-state index contributed by atoms with van der Waals surface area (Å²) in [5, 5.41) is 25.7.